The van der Waals surface area contributed by atoms with Gasteiger partial charge in [-0.15, -0.1) is 6.58 Å². The Labute approximate surface area is 101 Å². The largest absolute Gasteiger partial charge is 0.505 e. The van der Waals surface area contributed by atoms with Gasteiger partial charge in [0.1, 0.15) is 5.75 Å². The predicted octanol–water partition coefficient (Wildman–Crippen LogP) is 1.72. The molecule has 4 heteroatoms. The summed E-state index contributed by atoms with van der Waals surface area (Å²) in [4.78, 5) is 11.5. The van der Waals surface area contributed by atoms with Crippen LogP contribution in [-0.4, -0.2) is 24.1 Å². The summed E-state index contributed by atoms with van der Waals surface area (Å²) in [5.41, 5.74) is 2.20. The van der Waals surface area contributed by atoms with Gasteiger partial charge >= 0.3 is 0 Å². The van der Waals surface area contributed by atoms with E-state index in [1.807, 2.05) is 13.0 Å². The molecule has 0 radical (unpaired) electrons. The second-order valence-electron chi connectivity index (χ2n) is 3.95. The van der Waals surface area contributed by atoms with Crippen LogP contribution in [0.2, 0.25) is 0 Å². The van der Waals surface area contributed by atoms with E-state index in [9.17, 15) is 9.90 Å². The van der Waals surface area contributed by atoms with Gasteiger partial charge in [0.15, 0.2) is 0 Å². The minimum atomic E-state index is -0.188. The summed E-state index contributed by atoms with van der Waals surface area (Å²) in [6, 6.07) is 3.61. The first-order valence-electron chi connectivity index (χ1n) is 5.46. The van der Waals surface area contributed by atoms with Crippen molar-refractivity contribution in [3.8, 4) is 5.75 Å². The standard InChI is InChI=1S/C13H18N2O2/c1-4-5-14-8-12(16)15-11-7-9(2)6-10(3)13(11)17/h4,6-7,14,17H,1,5,8H2,2-3H3,(H,15,16). The number of carbonyl (C=O) groups excluding carboxylic acids is 1. The van der Waals surface area contributed by atoms with E-state index in [4.69, 9.17) is 0 Å². The molecule has 3 N–H and O–H groups in total. The third-order valence-corrected chi connectivity index (χ3v) is 2.29. The number of hydrogen-bond donors (Lipinski definition) is 3. The molecule has 92 valence electrons. The molecule has 0 fully saturated rings. The molecular weight excluding hydrogens is 216 g/mol. The Kier molecular flexibility index (Phi) is 4.72. The summed E-state index contributed by atoms with van der Waals surface area (Å²) >= 11 is 0. The Hall–Kier alpha value is -1.81. The molecule has 0 saturated carbocycles. The second-order valence-corrected chi connectivity index (χ2v) is 3.95. The average molecular weight is 234 g/mol. The number of phenols is 1. The summed E-state index contributed by atoms with van der Waals surface area (Å²) in [6.45, 7) is 8.03. The lowest BCUT2D eigenvalue weighted by Gasteiger charge is -2.10. The minimum Gasteiger partial charge on any atom is -0.505 e. The predicted molar refractivity (Wildman–Crippen MR) is 69.3 cm³/mol. The molecule has 0 aliphatic rings. The number of carbonyl (C=O) groups is 1. The first kappa shape index (κ1) is 13.3. The third-order valence-electron chi connectivity index (χ3n) is 2.29. The van der Waals surface area contributed by atoms with E-state index in [0.717, 1.165) is 11.1 Å². The van der Waals surface area contributed by atoms with Crippen LogP contribution in [0.15, 0.2) is 24.8 Å². The Morgan fingerprint density at radius 2 is 2.18 bits per heavy atom. The van der Waals surface area contributed by atoms with Gasteiger partial charge in [-0.2, -0.15) is 0 Å². The van der Waals surface area contributed by atoms with Crippen LogP contribution in [0.25, 0.3) is 0 Å². The fourth-order valence-electron chi connectivity index (χ4n) is 1.54. The first-order chi connectivity index (χ1) is 8.04. The highest BCUT2D eigenvalue weighted by Gasteiger charge is 2.08. The van der Waals surface area contributed by atoms with Crippen molar-refractivity contribution >= 4 is 11.6 Å². The van der Waals surface area contributed by atoms with E-state index < -0.39 is 0 Å². The highest BCUT2D eigenvalue weighted by molar-refractivity contribution is 5.94. The monoisotopic (exact) mass is 234 g/mol. The Balaban J connectivity index is 2.68. The molecule has 0 heterocycles. The zero-order valence-electron chi connectivity index (χ0n) is 10.2. The lowest BCUT2D eigenvalue weighted by atomic mass is 10.1. The SMILES string of the molecule is C=CCNCC(=O)Nc1cc(C)cc(C)c1O. The fraction of sp³-hybridized carbons (Fsp3) is 0.308. The number of benzene rings is 1. The topological polar surface area (TPSA) is 61.4 Å². The van der Waals surface area contributed by atoms with E-state index >= 15 is 0 Å². The van der Waals surface area contributed by atoms with Crippen molar-refractivity contribution in [1.82, 2.24) is 5.32 Å². The minimum absolute atomic E-state index is 0.118. The number of aryl methyl sites for hydroxylation is 2. The molecule has 0 unspecified atom stereocenters. The maximum atomic E-state index is 11.5. The molecule has 17 heavy (non-hydrogen) atoms. The molecule has 1 aromatic carbocycles. The van der Waals surface area contributed by atoms with E-state index in [1.54, 1.807) is 19.1 Å². The van der Waals surface area contributed by atoms with Crippen molar-refractivity contribution in [2.24, 2.45) is 0 Å². The van der Waals surface area contributed by atoms with Gasteiger partial charge in [-0.25, -0.2) is 0 Å². The number of aromatic hydroxyl groups is 1. The van der Waals surface area contributed by atoms with Gasteiger partial charge in [0.2, 0.25) is 5.91 Å². The molecule has 0 aromatic heterocycles. The van der Waals surface area contributed by atoms with Crippen LogP contribution in [0.5, 0.6) is 5.75 Å². The highest BCUT2D eigenvalue weighted by Crippen LogP contribution is 2.28. The molecule has 1 aromatic rings. The lowest BCUT2D eigenvalue weighted by molar-refractivity contribution is -0.115. The van der Waals surface area contributed by atoms with Gasteiger partial charge in [0, 0.05) is 6.54 Å². The van der Waals surface area contributed by atoms with Gasteiger partial charge in [0.05, 0.1) is 12.2 Å². The van der Waals surface area contributed by atoms with Crippen molar-refractivity contribution in [2.45, 2.75) is 13.8 Å². The van der Waals surface area contributed by atoms with E-state index in [1.165, 1.54) is 0 Å². The van der Waals surface area contributed by atoms with E-state index in [0.29, 0.717) is 12.2 Å². The van der Waals surface area contributed by atoms with Crippen molar-refractivity contribution in [2.75, 3.05) is 18.4 Å². The molecule has 0 atom stereocenters. The Morgan fingerprint density at radius 3 is 2.82 bits per heavy atom. The van der Waals surface area contributed by atoms with Gasteiger partial charge in [-0.1, -0.05) is 12.1 Å². The molecule has 0 aliphatic heterocycles. The maximum Gasteiger partial charge on any atom is 0.238 e. The normalized spacial score (nSPS) is 10.0. The van der Waals surface area contributed by atoms with Crippen LogP contribution in [0.1, 0.15) is 11.1 Å². The smallest absolute Gasteiger partial charge is 0.238 e. The van der Waals surface area contributed by atoms with Gasteiger partial charge < -0.3 is 15.7 Å². The van der Waals surface area contributed by atoms with Crippen LogP contribution in [-0.2, 0) is 4.79 Å². The first-order valence-corrected chi connectivity index (χ1v) is 5.46. The molecule has 1 amide bonds. The lowest BCUT2D eigenvalue weighted by Crippen LogP contribution is -2.28. The molecule has 1 rings (SSSR count). The quantitative estimate of drug-likeness (QED) is 0.413. The van der Waals surface area contributed by atoms with E-state index in [-0.39, 0.29) is 18.2 Å². The fourth-order valence-corrected chi connectivity index (χ4v) is 1.54. The summed E-state index contributed by atoms with van der Waals surface area (Å²) in [5, 5.41) is 15.3. The molecule has 0 saturated heterocycles. The summed E-state index contributed by atoms with van der Waals surface area (Å²) in [7, 11) is 0. The molecule has 0 bridgehead atoms. The zero-order chi connectivity index (χ0) is 12.8. The Bertz CT molecular complexity index is 428. The Morgan fingerprint density at radius 1 is 1.47 bits per heavy atom. The number of anilines is 1. The van der Waals surface area contributed by atoms with Crippen molar-refractivity contribution in [3.05, 3.63) is 35.9 Å². The number of rotatable bonds is 5. The van der Waals surface area contributed by atoms with Crippen LogP contribution in [0.3, 0.4) is 0 Å². The van der Waals surface area contributed by atoms with Gasteiger partial charge in [-0.05, 0) is 31.0 Å². The average Bonchev–Trinajstić information content (AvgIpc) is 2.25. The summed E-state index contributed by atoms with van der Waals surface area (Å²) < 4.78 is 0. The van der Waals surface area contributed by atoms with Crippen molar-refractivity contribution in [1.29, 1.82) is 0 Å². The summed E-state index contributed by atoms with van der Waals surface area (Å²) in [5.74, 6) is -0.0696. The molecule has 0 aliphatic carbocycles. The van der Waals surface area contributed by atoms with Crippen molar-refractivity contribution < 1.29 is 9.90 Å². The van der Waals surface area contributed by atoms with E-state index in [2.05, 4.69) is 17.2 Å². The number of phenolic OH excluding ortho intramolecular Hbond substituents is 1. The number of nitrogens with one attached hydrogen (secondary N) is 2. The molecule has 0 spiro atoms. The third kappa shape index (κ3) is 3.92. The van der Waals surface area contributed by atoms with Crippen LogP contribution in [0.4, 0.5) is 5.69 Å². The van der Waals surface area contributed by atoms with Gasteiger partial charge in [-0.3, -0.25) is 4.79 Å². The molecule has 4 nitrogen and oxygen atoms in total. The number of hydrogen-bond acceptors (Lipinski definition) is 3. The van der Waals surface area contributed by atoms with Crippen molar-refractivity contribution in [3.63, 3.8) is 0 Å². The number of amides is 1. The van der Waals surface area contributed by atoms with Crippen LogP contribution < -0.4 is 10.6 Å². The van der Waals surface area contributed by atoms with Crippen LogP contribution in [0, 0.1) is 13.8 Å². The van der Waals surface area contributed by atoms with Crippen LogP contribution >= 0.6 is 0 Å². The summed E-state index contributed by atoms with van der Waals surface area (Å²) in [6.07, 6.45) is 1.68. The highest BCUT2D eigenvalue weighted by atomic mass is 16.3. The molecular formula is C13H18N2O2. The zero-order valence-corrected chi connectivity index (χ0v) is 10.2. The van der Waals surface area contributed by atoms with Gasteiger partial charge in [0.25, 0.3) is 0 Å². The maximum absolute atomic E-state index is 11.5. The second kappa shape index (κ2) is 6.06.